The molecule has 40 heavy (non-hydrogen) atoms. The number of halogens is 2. The molecule has 0 bridgehead atoms. The highest BCUT2D eigenvalue weighted by atomic mass is 79.9. The van der Waals surface area contributed by atoms with Crippen LogP contribution >= 0.6 is 43.6 Å². The molecule has 1 N–H and O–H groups in total. The van der Waals surface area contributed by atoms with Gasteiger partial charge in [0.25, 0.3) is 5.91 Å². The maximum atomic E-state index is 12.9. The first-order valence-electron chi connectivity index (χ1n) is 12.0. The molecule has 3 aromatic carbocycles. The second-order valence-corrected chi connectivity index (χ2v) is 11.1. The van der Waals surface area contributed by atoms with Crippen LogP contribution in [0.25, 0.3) is 6.08 Å². The van der Waals surface area contributed by atoms with Crippen molar-refractivity contribution in [1.82, 2.24) is 5.01 Å². The molecular formula is C28H22Br2N4O5S. The number of para-hydroxylation sites is 1. The van der Waals surface area contributed by atoms with Gasteiger partial charge in [0.15, 0.2) is 17.3 Å². The molecule has 0 aliphatic carbocycles. The first-order valence-corrected chi connectivity index (χ1v) is 14.4. The Morgan fingerprint density at radius 2 is 1.70 bits per heavy atom. The van der Waals surface area contributed by atoms with E-state index in [2.05, 4.69) is 42.0 Å². The summed E-state index contributed by atoms with van der Waals surface area (Å²) in [6.45, 7) is 0.819. The summed E-state index contributed by atoms with van der Waals surface area (Å²) in [6, 6.07) is 20.4. The lowest BCUT2D eigenvalue weighted by molar-refractivity contribution is -0.114. The van der Waals surface area contributed by atoms with Gasteiger partial charge in [-0.1, -0.05) is 34.1 Å². The van der Waals surface area contributed by atoms with E-state index in [4.69, 9.17) is 24.4 Å². The predicted octanol–water partition coefficient (Wildman–Crippen LogP) is 6.38. The lowest BCUT2D eigenvalue weighted by atomic mass is 10.1. The highest BCUT2D eigenvalue weighted by molar-refractivity contribution is 9.10. The minimum Gasteiger partial charge on any atom is -0.493 e. The number of rotatable bonds is 10. The molecule has 2 aliphatic rings. The Labute approximate surface area is 251 Å². The van der Waals surface area contributed by atoms with Gasteiger partial charge in [-0.15, -0.1) is 0 Å². The quantitative estimate of drug-likeness (QED) is 0.195. The van der Waals surface area contributed by atoms with Gasteiger partial charge in [-0.3, -0.25) is 10.2 Å². The topological polar surface area (TPSA) is 106 Å². The number of amides is 1. The molecule has 9 nitrogen and oxygen atoms in total. The molecule has 5 rings (SSSR count). The van der Waals surface area contributed by atoms with Crippen molar-refractivity contribution in [2.45, 2.75) is 0 Å². The van der Waals surface area contributed by atoms with Gasteiger partial charge in [0.1, 0.15) is 36.4 Å². The van der Waals surface area contributed by atoms with E-state index < -0.39 is 5.91 Å². The zero-order chi connectivity index (χ0) is 28.1. The van der Waals surface area contributed by atoms with Crippen LogP contribution in [0, 0.1) is 5.41 Å². The molecule has 0 aromatic heterocycles. The van der Waals surface area contributed by atoms with Crippen molar-refractivity contribution >= 4 is 71.7 Å². The standard InChI is InChI=1S/C28H22Br2N4O5S/c1-36-23-15-17(14-22(30)25(23)38-12-11-37-20-9-7-18(29)8-10-20)13-21-26(31)34-28(32-27(21)35)40-24(33-34)16-39-19-5-3-2-4-6-19/h2-10,13-15,31H,11-12,16H2,1H3/b21-13-,31-26?. The number of carbonyl (C=O) groups excluding carboxylic acids is 1. The molecule has 1 amide bonds. The van der Waals surface area contributed by atoms with Gasteiger partial charge < -0.3 is 18.9 Å². The molecule has 2 heterocycles. The molecule has 12 heteroatoms. The summed E-state index contributed by atoms with van der Waals surface area (Å²) in [6.07, 6.45) is 1.58. The summed E-state index contributed by atoms with van der Waals surface area (Å²) < 4.78 is 24.5. The van der Waals surface area contributed by atoms with Crippen LogP contribution in [0.15, 0.2) is 91.3 Å². The predicted molar refractivity (Wildman–Crippen MR) is 163 cm³/mol. The van der Waals surface area contributed by atoms with Crippen LogP contribution in [0.4, 0.5) is 0 Å². The van der Waals surface area contributed by atoms with Crippen LogP contribution in [0.3, 0.4) is 0 Å². The molecule has 0 unspecified atom stereocenters. The smallest absolute Gasteiger partial charge is 0.283 e. The second kappa shape index (κ2) is 12.7. The van der Waals surface area contributed by atoms with E-state index in [0.29, 0.717) is 44.1 Å². The second-order valence-electron chi connectivity index (χ2n) is 8.30. The average Bonchev–Trinajstić information content (AvgIpc) is 3.37. The molecule has 0 atom stereocenters. The van der Waals surface area contributed by atoms with Crippen molar-refractivity contribution in [3.05, 3.63) is 86.8 Å². The lowest BCUT2D eigenvalue weighted by Crippen LogP contribution is -2.35. The van der Waals surface area contributed by atoms with Crippen LogP contribution in [0.2, 0.25) is 0 Å². The highest BCUT2D eigenvalue weighted by Gasteiger charge is 2.35. The minimum atomic E-state index is -0.523. The number of thioether (sulfide) groups is 1. The molecule has 3 aromatic rings. The van der Waals surface area contributed by atoms with Crippen LogP contribution in [-0.4, -0.2) is 53.9 Å². The molecule has 0 spiro atoms. The molecule has 0 fully saturated rings. The van der Waals surface area contributed by atoms with E-state index in [1.165, 1.54) is 23.9 Å². The van der Waals surface area contributed by atoms with E-state index >= 15 is 0 Å². The van der Waals surface area contributed by atoms with Gasteiger partial charge in [-0.2, -0.15) is 15.1 Å². The normalized spacial score (nSPS) is 15.5. The van der Waals surface area contributed by atoms with Crippen molar-refractivity contribution in [2.24, 2.45) is 10.1 Å². The number of nitrogens with one attached hydrogen (secondary N) is 1. The Morgan fingerprint density at radius 1 is 0.975 bits per heavy atom. The number of hydrogen-bond acceptors (Lipinski definition) is 8. The summed E-state index contributed by atoms with van der Waals surface area (Å²) in [4.78, 5) is 17.0. The number of nitrogens with zero attached hydrogens (tertiary/aromatic N) is 3. The Bertz CT molecular complexity index is 1530. The number of carbonyl (C=O) groups is 1. The number of aliphatic imine (C=N–C) groups is 1. The van der Waals surface area contributed by atoms with Crippen molar-refractivity contribution in [1.29, 1.82) is 5.41 Å². The largest absolute Gasteiger partial charge is 0.493 e. The first kappa shape index (κ1) is 27.9. The van der Waals surface area contributed by atoms with Gasteiger partial charge in [-0.05, 0) is 87.9 Å². The number of methoxy groups -OCH3 is 1. The van der Waals surface area contributed by atoms with Crippen molar-refractivity contribution in [2.75, 3.05) is 26.9 Å². The molecular weight excluding hydrogens is 664 g/mol. The van der Waals surface area contributed by atoms with E-state index in [0.717, 1.165) is 10.2 Å². The molecule has 0 saturated carbocycles. The Hall–Kier alpha value is -3.61. The third kappa shape index (κ3) is 6.57. The van der Waals surface area contributed by atoms with Crippen molar-refractivity contribution in [3.63, 3.8) is 0 Å². The number of hydrazone groups is 1. The van der Waals surface area contributed by atoms with Crippen molar-refractivity contribution < 1.29 is 23.7 Å². The summed E-state index contributed by atoms with van der Waals surface area (Å²) in [5, 5.41) is 15.3. The number of ether oxygens (including phenoxy) is 4. The van der Waals surface area contributed by atoms with Gasteiger partial charge in [-0.25, -0.2) is 0 Å². The average molecular weight is 686 g/mol. The molecule has 204 valence electrons. The minimum absolute atomic E-state index is 0.0716. The zero-order valence-electron chi connectivity index (χ0n) is 21.1. The molecule has 0 radical (unpaired) electrons. The summed E-state index contributed by atoms with van der Waals surface area (Å²) >= 11 is 8.14. The lowest BCUT2D eigenvalue weighted by Gasteiger charge is -2.20. The van der Waals surface area contributed by atoms with E-state index in [9.17, 15) is 4.79 Å². The third-order valence-corrected chi connectivity index (χ3v) is 7.58. The molecule has 0 saturated heterocycles. The SMILES string of the molecule is COc1cc(/C=C2/C(=N)N3N=C(COc4ccccc4)SC3=NC2=O)cc(Br)c1OCCOc1ccc(Br)cc1. The zero-order valence-corrected chi connectivity index (χ0v) is 25.1. The third-order valence-electron chi connectivity index (χ3n) is 5.58. The van der Waals surface area contributed by atoms with E-state index in [-0.39, 0.29) is 24.6 Å². The fourth-order valence-electron chi connectivity index (χ4n) is 3.72. The first-order chi connectivity index (χ1) is 19.4. The summed E-state index contributed by atoms with van der Waals surface area (Å²) in [7, 11) is 1.53. The van der Waals surface area contributed by atoms with Gasteiger partial charge >= 0.3 is 0 Å². The summed E-state index contributed by atoms with van der Waals surface area (Å²) in [5.74, 6) is 1.80. The van der Waals surface area contributed by atoms with Gasteiger partial charge in [0, 0.05) is 4.47 Å². The Balaban J connectivity index is 1.26. The van der Waals surface area contributed by atoms with Crippen LogP contribution in [0.1, 0.15) is 5.56 Å². The van der Waals surface area contributed by atoms with Crippen LogP contribution in [-0.2, 0) is 4.79 Å². The Morgan fingerprint density at radius 3 is 2.45 bits per heavy atom. The van der Waals surface area contributed by atoms with Crippen LogP contribution < -0.4 is 18.9 Å². The maximum Gasteiger partial charge on any atom is 0.283 e. The van der Waals surface area contributed by atoms with Gasteiger partial charge in [0.05, 0.1) is 17.2 Å². The fraction of sp³-hybridized carbons (Fsp3) is 0.143. The number of amidine groups is 2. The van der Waals surface area contributed by atoms with Crippen molar-refractivity contribution in [3.8, 4) is 23.0 Å². The highest BCUT2D eigenvalue weighted by Crippen LogP contribution is 2.38. The number of hydrogen-bond donors (Lipinski definition) is 1. The number of benzene rings is 3. The summed E-state index contributed by atoms with van der Waals surface area (Å²) in [5.41, 5.74) is 0.723. The van der Waals surface area contributed by atoms with E-state index in [1.54, 1.807) is 18.2 Å². The maximum absolute atomic E-state index is 12.9. The monoisotopic (exact) mass is 684 g/mol. The fourth-order valence-corrected chi connectivity index (χ4v) is 5.35. The van der Waals surface area contributed by atoms with Gasteiger partial charge in [0.2, 0.25) is 5.17 Å². The Kier molecular flexibility index (Phi) is 8.88. The van der Waals surface area contributed by atoms with Crippen LogP contribution in [0.5, 0.6) is 23.0 Å². The van der Waals surface area contributed by atoms with E-state index in [1.807, 2.05) is 54.6 Å². The number of fused-ring (bicyclic) bond motifs is 1. The molecule has 2 aliphatic heterocycles.